The molecule has 4 heterocycles. The molecular formula is C25H25FN6O7. The van der Waals surface area contributed by atoms with E-state index in [4.69, 9.17) is 23.8 Å². The zero-order chi connectivity index (χ0) is 27.2. The summed E-state index contributed by atoms with van der Waals surface area (Å²) in [6.45, 7) is 0.980. The SMILES string of the molecule is COCCOC(=O)OC[C@@H]1CC(c2ccc(-c3cc(N4C[C@H](Cn5ccnn5)OC4=O)ccc3F)cn2)=NO1. The number of oxime groups is 1. The second-order valence-electron chi connectivity index (χ2n) is 8.71. The summed E-state index contributed by atoms with van der Waals surface area (Å²) in [5, 5.41) is 11.7. The number of nitrogens with zero attached hydrogens (tertiary/aromatic N) is 6. The van der Waals surface area contributed by atoms with Gasteiger partial charge in [-0.2, -0.15) is 0 Å². The highest BCUT2D eigenvalue weighted by molar-refractivity contribution is 6.00. The lowest BCUT2D eigenvalue weighted by Crippen LogP contribution is -2.26. The molecule has 0 N–H and O–H groups in total. The Kier molecular flexibility index (Phi) is 7.91. The van der Waals surface area contributed by atoms with Crippen molar-refractivity contribution in [1.82, 2.24) is 20.0 Å². The molecule has 14 heteroatoms. The molecule has 0 unspecified atom stereocenters. The van der Waals surface area contributed by atoms with Crippen LogP contribution in [0.15, 0.2) is 54.1 Å². The summed E-state index contributed by atoms with van der Waals surface area (Å²) in [4.78, 5) is 35.2. The first kappa shape index (κ1) is 26.0. The van der Waals surface area contributed by atoms with Gasteiger partial charge in [0.2, 0.25) is 0 Å². The van der Waals surface area contributed by atoms with Crippen LogP contribution >= 0.6 is 0 Å². The predicted octanol–water partition coefficient (Wildman–Crippen LogP) is 2.80. The first-order valence-corrected chi connectivity index (χ1v) is 12.1. The molecule has 13 nitrogen and oxygen atoms in total. The fourth-order valence-corrected chi connectivity index (χ4v) is 4.07. The van der Waals surface area contributed by atoms with Gasteiger partial charge in [-0.3, -0.25) is 9.88 Å². The summed E-state index contributed by atoms with van der Waals surface area (Å²) in [5.41, 5.74) is 2.40. The number of methoxy groups -OCH3 is 1. The van der Waals surface area contributed by atoms with Gasteiger partial charge in [0.05, 0.1) is 31.6 Å². The van der Waals surface area contributed by atoms with Crippen LogP contribution in [0.3, 0.4) is 0 Å². The third-order valence-corrected chi connectivity index (χ3v) is 6.00. The van der Waals surface area contributed by atoms with Gasteiger partial charge in [-0.25, -0.2) is 18.7 Å². The zero-order valence-electron chi connectivity index (χ0n) is 20.9. The number of carbonyl (C=O) groups excluding carboxylic acids is 2. The molecule has 5 rings (SSSR count). The van der Waals surface area contributed by atoms with Crippen molar-refractivity contribution in [2.75, 3.05) is 38.4 Å². The minimum atomic E-state index is -0.816. The van der Waals surface area contributed by atoms with Crippen molar-refractivity contribution >= 4 is 23.6 Å². The lowest BCUT2D eigenvalue weighted by Gasteiger charge is -2.15. The lowest BCUT2D eigenvalue weighted by atomic mass is 10.0. The number of ether oxygens (including phenoxy) is 4. The average Bonchev–Trinajstić information content (AvgIpc) is 3.70. The molecule has 2 aromatic heterocycles. The largest absolute Gasteiger partial charge is 0.508 e. The molecule has 39 heavy (non-hydrogen) atoms. The van der Waals surface area contributed by atoms with Gasteiger partial charge in [0.1, 0.15) is 30.8 Å². The van der Waals surface area contributed by atoms with Crippen molar-refractivity contribution in [3.8, 4) is 11.1 Å². The molecule has 1 fully saturated rings. The average molecular weight is 541 g/mol. The molecular weight excluding hydrogens is 515 g/mol. The molecule has 2 atom stereocenters. The van der Waals surface area contributed by atoms with Crippen LogP contribution in [0, 0.1) is 5.82 Å². The van der Waals surface area contributed by atoms with Crippen molar-refractivity contribution in [3.63, 3.8) is 0 Å². The third kappa shape index (κ3) is 6.29. The number of pyridine rings is 1. The summed E-state index contributed by atoms with van der Waals surface area (Å²) in [5.74, 6) is -0.462. The molecule has 3 aromatic rings. The summed E-state index contributed by atoms with van der Waals surface area (Å²) >= 11 is 0. The normalized spacial score (nSPS) is 18.5. The maximum absolute atomic E-state index is 14.8. The Morgan fingerprint density at radius 3 is 2.85 bits per heavy atom. The highest BCUT2D eigenvalue weighted by atomic mass is 19.1. The van der Waals surface area contributed by atoms with E-state index in [0.717, 1.165) is 0 Å². The van der Waals surface area contributed by atoms with Crippen LogP contribution in [-0.4, -0.2) is 83.6 Å². The molecule has 0 spiro atoms. The van der Waals surface area contributed by atoms with Crippen molar-refractivity contribution in [2.24, 2.45) is 5.16 Å². The molecule has 2 aliphatic rings. The molecule has 0 saturated carbocycles. The summed E-state index contributed by atoms with van der Waals surface area (Å²) < 4.78 is 36.5. The number of aromatic nitrogens is 4. The molecule has 1 amide bonds. The number of rotatable bonds is 10. The van der Waals surface area contributed by atoms with E-state index < -0.39 is 30.3 Å². The number of carbonyl (C=O) groups is 2. The fourth-order valence-electron chi connectivity index (χ4n) is 4.07. The Morgan fingerprint density at radius 2 is 2.08 bits per heavy atom. The van der Waals surface area contributed by atoms with Crippen LogP contribution in [-0.2, 0) is 30.3 Å². The fraction of sp³-hybridized carbons (Fsp3) is 0.360. The molecule has 0 radical (unpaired) electrons. The second kappa shape index (κ2) is 11.9. The highest BCUT2D eigenvalue weighted by Crippen LogP contribution is 2.30. The smallest absolute Gasteiger partial charge is 0.442 e. The highest BCUT2D eigenvalue weighted by Gasteiger charge is 2.33. The van der Waals surface area contributed by atoms with Crippen molar-refractivity contribution in [1.29, 1.82) is 0 Å². The molecule has 1 aromatic carbocycles. The maximum atomic E-state index is 14.8. The number of anilines is 1. The number of amides is 1. The Labute approximate surface area is 222 Å². The predicted molar refractivity (Wildman–Crippen MR) is 132 cm³/mol. The first-order chi connectivity index (χ1) is 19.0. The molecule has 204 valence electrons. The molecule has 1 saturated heterocycles. The van der Waals surface area contributed by atoms with E-state index in [2.05, 4.69) is 20.5 Å². The Bertz CT molecular complexity index is 1340. The van der Waals surface area contributed by atoms with Crippen LogP contribution in [0.2, 0.25) is 0 Å². The van der Waals surface area contributed by atoms with E-state index in [1.54, 1.807) is 35.3 Å². The monoisotopic (exact) mass is 540 g/mol. The Balaban J connectivity index is 1.20. The van der Waals surface area contributed by atoms with Gasteiger partial charge in [-0.05, 0) is 24.3 Å². The quantitative estimate of drug-likeness (QED) is 0.279. The summed E-state index contributed by atoms with van der Waals surface area (Å²) in [7, 11) is 1.50. The number of halogens is 1. The van der Waals surface area contributed by atoms with E-state index in [9.17, 15) is 14.0 Å². The standard InChI is InChI=1S/C25H25FN6O7/c1-35-8-9-36-25(34)37-15-18-11-23(29-39-18)22-5-2-16(12-27-22)20-10-17(3-4-21(20)26)32-14-19(38-24(32)33)13-31-7-6-28-30-31/h2-7,10,12,18-19H,8-9,11,13-15H2,1H3/t18-,19-/m0/s1. The van der Waals surface area contributed by atoms with E-state index in [1.807, 2.05) is 0 Å². The van der Waals surface area contributed by atoms with Crippen LogP contribution < -0.4 is 4.90 Å². The topological polar surface area (TPSA) is 139 Å². The number of cyclic esters (lactones) is 1. The van der Waals surface area contributed by atoms with Crippen molar-refractivity contribution in [3.05, 3.63) is 60.4 Å². The van der Waals surface area contributed by atoms with Gasteiger partial charge in [-0.15, -0.1) is 5.10 Å². The van der Waals surface area contributed by atoms with Crippen LogP contribution in [0.5, 0.6) is 0 Å². The maximum Gasteiger partial charge on any atom is 0.508 e. The van der Waals surface area contributed by atoms with E-state index in [1.165, 1.54) is 30.3 Å². The Hall–Kier alpha value is -4.59. The zero-order valence-corrected chi connectivity index (χ0v) is 20.9. The van der Waals surface area contributed by atoms with Crippen LogP contribution in [0.1, 0.15) is 12.1 Å². The minimum Gasteiger partial charge on any atom is -0.442 e. The van der Waals surface area contributed by atoms with Gasteiger partial charge >= 0.3 is 12.2 Å². The minimum absolute atomic E-state index is 0.0342. The van der Waals surface area contributed by atoms with Gasteiger partial charge in [0.25, 0.3) is 0 Å². The van der Waals surface area contributed by atoms with Crippen molar-refractivity contribution < 1.29 is 37.8 Å². The number of hydrogen-bond donors (Lipinski definition) is 0. The van der Waals surface area contributed by atoms with E-state index >= 15 is 0 Å². The van der Waals surface area contributed by atoms with Crippen LogP contribution in [0.25, 0.3) is 11.1 Å². The van der Waals surface area contributed by atoms with Gasteiger partial charge in [-0.1, -0.05) is 16.4 Å². The third-order valence-electron chi connectivity index (χ3n) is 6.00. The van der Waals surface area contributed by atoms with E-state index in [-0.39, 0.29) is 31.9 Å². The molecule has 2 aliphatic heterocycles. The lowest BCUT2D eigenvalue weighted by molar-refractivity contribution is -0.00742. The summed E-state index contributed by atoms with van der Waals surface area (Å²) in [6.07, 6.45) is 2.89. The number of benzene rings is 1. The van der Waals surface area contributed by atoms with Gasteiger partial charge in [0.15, 0.2) is 6.10 Å². The number of hydrogen-bond acceptors (Lipinski definition) is 11. The molecule has 0 bridgehead atoms. The Morgan fingerprint density at radius 1 is 1.18 bits per heavy atom. The molecule has 0 aliphatic carbocycles. The van der Waals surface area contributed by atoms with E-state index in [0.29, 0.717) is 35.6 Å². The first-order valence-electron chi connectivity index (χ1n) is 12.1. The van der Waals surface area contributed by atoms with Crippen molar-refractivity contribution in [2.45, 2.75) is 25.2 Å². The van der Waals surface area contributed by atoms with Gasteiger partial charge < -0.3 is 23.8 Å². The second-order valence-corrected chi connectivity index (χ2v) is 8.71. The van der Waals surface area contributed by atoms with Gasteiger partial charge in [0, 0.05) is 42.7 Å². The van der Waals surface area contributed by atoms with Crippen LogP contribution in [0.4, 0.5) is 19.7 Å². The summed E-state index contributed by atoms with van der Waals surface area (Å²) in [6, 6.07) is 7.82.